The monoisotopic (exact) mass is 322 g/mol. The molecule has 21 heavy (non-hydrogen) atoms. The van der Waals surface area contributed by atoms with Gasteiger partial charge in [-0.1, -0.05) is 6.92 Å². The van der Waals surface area contributed by atoms with E-state index in [1.807, 2.05) is 34.6 Å². The van der Waals surface area contributed by atoms with Crippen molar-refractivity contribution in [2.45, 2.75) is 78.1 Å². The lowest BCUT2D eigenvalue weighted by molar-refractivity contribution is -0.136. The van der Waals surface area contributed by atoms with Crippen LogP contribution in [-0.4, -0.2) is 17.2 Å². The minimum atomic E-state index is -4.09. The van der Waals surface area contributed by atoms with Crippen LogP contribution in [0.4, 0.5) is 13.2 Å². The molecule has 0 radical (unpaired) electrons. The number of nitrogens with one attached hydrogen (secondary N) is 1. The van der Waals surface area contributed by atoms with Gasteiger partial charge in [0.05, 0.1) is 11.2 Å². The first-order valence-corrected chi connectivity index (χ1v) is 8.20. The summed E-state index contributed by atoms with van der Waals surface area (Å²) in [5, 5.41) is 4.30. The number of aryl methyl sites for hydroxylation is 2. The van der Waals surface area contributed by atoms with E-state index >= 15 is 0 Å². The Morgan fingerprint density at radius 3 is 2.29 bits per heavy atom. The van der Waals surface area contributed by atoms with Crippen LogP contribution in [0, 0.1) is 6.92 Å². The molecule has 0 spiro atoms. The summed E-state index contributed by atoms with van der Waals surface area (Å²) in [6.45, 7) is 10.0. The molecule has 0 fully saturated rings. The van der Waals surface area contributed by atoms with E-state index in [-0.39, 0.29) is 12.5 Å². The van der Waals surface area contributed by atoms with Gasteiger partial charge in [-0.05, 0) is 47.0 Å². The molecule has 0 saturated carbocycles. The van der Waals surface area contributed by atoms with Gasteiger partial charge in [-0.2, -0.15) is 13.2 Å². The van der Waals surface area contributed by atoms with E-state index in [9.17, 15) is 13.2 Å². The lowest BCUT2D eigenvalue weighted by Gasteiger charge is -2.31. The maximum absolute atomic E-state index is 12.4. The van der Waals surface area contributed by atoms with E-state index in [1.54, 1.807) is 11.3 Å². The Kier molecular flexibility index (Phi) is 6.23. The number of nitrogens with zero attached hydrogens (tertiary/aromatic N) is 1. The minimum absolute atomic E-state index is 0.111. The van der Waals surface area contributed by atoms with Crippen LogP contribution in [0.3, 0.4) is 0 Å². The molecule has 1 N–H and O–H groups in total. The quantitative estimate of drug-likeness (QED) is 0.767. The average molecular weight is 322 g/mol. The number of hydrogen-bond acceptors (Lipinski definition) is 3. The zero-order chi connectivity index (χ0) is 16.3. The van der Waals surface area contributed by atoms with Crippen LogP contribution in [0.25, 0.3) is 0 Å². The van der Waals surface area contributed by atoms with Gasteiger partial charge >= 0.3 is 6.18 Å². The molecule has 0 aliphatic heterocycles. The van der Waals surface area contributed by atoms with Crippen molar-refractivity contribution < 1.29 is 13.2 Å². The molecular weight excluding hydrogens is 297 g/mol. The predicted molar refractivity (Wildman–Crippen MR) is 81.8 cm³/mol. The fourth-order valence-corrected chi connectivity index (χ4v) is 3.65. The van der Waals surface area contributed by atoms with Crippen molar-refractivity contribution >= 4 is 11.3 Å². The summed E-state index contributed by atoms with van der Waals surface area (Å²) < 4.78 is 37.2. The first-order chi connectivity index (χ1) is 9.57. The molecular formula is C15H25F3N2S. The highest BCUT2D eigenvalue weighted by molar-refractivity contribution is 7.11. The summed E-state index contributed by atoms with van der Waals surface area (Å²) in [7, 11) is 0. The van der Waals surface area contributed by atoms with Gasteiger partial charge in [0, 0.05) is 17.3 Å². The largest absolute Gasteiger partial charge is 0.389 e. The van der Waals surface area contributed by atoms with Crippen molar-refractivity contribution in [2.75, 3.05) is 0 Å². The van der Waals surface area contributed by atoms with Gasteiger partial charge < -0.3 is 5.32 Å². The second-order valence-electron chi connectivity index (χ2n) is 5.98. The van der Waals surface area contributed by atoms with Crippen LogP contribution in [-0.2, 0) is 12.0 Å². The van der Waals surface area contributed by atoms with E-state index in [1.165, 1.54) is 0 Å². The third kappa shape index (κ3) is 5.58. The Morgan fingerprint density at radius 1 is 1.24 bits per heavy atom. The highest BCUT2D eigenvalue weighted by Crippen LogP contribution is 2.34. The highest BCUT2D eigenvalue weighted by Gasteiger charge is 2.33. The van der Waals surface area contributed by atoms with Crippen LogP contribution in [0.2, 0.25) is 0 Å². The Morgan fingerprint density at radius 2 is 1.86 bits per heavy atom. The number of hydrogen-bond donors (Lipinski definition) is 1. The van der Waals surface area contributed by atoms with Gasteiger partial charge in [0.1, 0.15) is 5.01 Å². The minimum Gasteiger partial charge on any atom is -0.303 e. The molecule has 1 heterocycles. The maximum Gasteiger partial charge on any atom is 0.389 e. The van der Waals surface area contributed by atoms with Crippen molar-refractivity contribution in [3.8, 4) is 0 Å². The van der Waals surface area contributed by atoms with Crippen molar-refractivity contribution in [2.24, 2.45) is 0 Å². The first-order valence-electron chi connectivity index (χ1n) is 7.38. The van der Waals surface area contributed by atoms with Crippen LogP contribution >= 0.6 is 11.3 Å². The molecule has 0 bridgehead atoms. The lowest BCUT2D eigenvalue weighted by Crippen LogP contribution is -2.43. The molecule has 2 nitrogen and oxygen atoms in total. The van der Waals surface area contributed by atoms with Gasteiger partial charge in [0.15, 0.2) is 0 Å². The molecule has 0 aliphatic rings. The summed E-state index contributed by atoms with van der Waals surface area (Å²) in [6.07, 6.45) is -3.44. The van der Waals surface area contributed by atoms with Gasteiger partial charge in [-0.25, -0.2) is 4.98 Å². The molecule has 1 rings (SSSR count). The molecule has 122 valence electrons. The van der Waals surface area contributed by atoms with Crippen LogP contribution in [0.5, 0.6) is 0 Å². The van der Waals surface area contributed by atoms with Gasteiger partial charge in [-0.3, -0.25) is 0 Å². The van der Waals surface area contributed by atoms with Gasteiger partial charge in [0.2, 0.25) is 0 Å². The third-order valence-corrected chi connectivity index (χ3v) is 4.72. The lowest BCUT2D eigenvalue weighted by atomic mass is 9.94. The van der Waals surface area contributed by atoms with Crippen LogP contribution in [0.15, 0.2) is 0 Å². The van der Waals surface area contributed by atoms with Crippen LogP contribution in [0.1, 0.15) is 62.5 Å². The first kappa shape index (κ1) is 18.4. The Balaban J connectivity index is 2.91. The molecule has 1 aromatic heterocycles. The zero-order valence-electron chi connectivity index (χ0n) is 13.4. The standard InChI is InChI=1S/C15H25F3N2S/c1-6-12-11(4)21-13(19-12)14(5,20-10(2)3)8-7-9-15(16,17)18/h10,20H,6-9H2,1-5H3. The normalized spacial score (nSPS) is 15.5. The van der Waals surface area contributed by atoms with E-state index in [2.05, 4.69) is 10.3 Å². The number of thiazole rings is 1. The number of alkyl halides is 3. The Bertz CT molecular complexity index is 454. The molecule has 6 heteroatoms. The summed E-state index contributed by atoms with van der Waals surface area (Å²) in [5.74, 6) is 0. The highest BCUT2D eigenvalue weighted by atomic mass is 32.1. The molecule has 1 aromatic rings. The van der Waals surface area contributed by atoms with E-state index in [4.69, 9.17) is 0 Å². The maximum atomic E-state index is 12.4. The summed E-state index contributed by atoms with van der Waals surface area (Å²) in [4.78, 5) is 5.80. The molecule has 0 amide bonds. The molecule has 1 unspecified atom stereocenters. The second kappa shape index (κ2) is 7.09. The number of aromatic nitrogens is 1. The molecule has 0 aromatic carbocycles. The summed E-state index contributed by atoms with van der Waals surface area (Å²) in [5.41, 5.74) is 0.546. The summed E-state index contributed by atoms with van der Waals surface area (Å²) >= 11 is 1.59. The van der Waals surface area contributed by atoms with Crippen molar-refractivity contribution in [3.63, 3.8) is 0 Å². The molecule has 1 atom stereocenters. The smallest absolute Gasteiger partial charge is 0.303 e. The average Bonchev–Trinajstić information content (AvgIpc) is 2.68. The van der Waals surface area contributed by atoms with Crippen molar-refractivity contribution in [3.05, 3.63) is 15.6 Å². The fraction of sp³-hybridized carbons (Fsp3) is 0.800. The zero-order valence-corrected chi connectivity index (χ0v) is 14.2. The summed E-state index contributed by atoms with van der Waals surface area (Å²) in [6, 6.07) is 0.190. The molecule has 0 saturated heterocycles. The van der Waals surface area contributed by atoms with Crippen molar-refractivity contribution in [1.29, 1.82) is 0 Å². The second-order valence-corrected chi connectivity index (χ2v) is 7.18. The van der Waals surface area contributed by atoms with Gasteiger partial charge in [0.25, 0.3) is 0 Å². The van der Waals surface area contributed by atoms with E-state index in [0.29, 0.717) is 6.42 Å². The van der Waals surface area contributed by atoms with Crippen LogP contribution < -0.4 is 5.32 Å². The van der Waals surface area contributed by atoms with E-state index < -0.39 is 18.1 Å². The molecule has 0 aliphatic carbocycles. The van der Waals surface area contributed by atoms with Crippen molar-refractivity contribution in [1.82, 2.24) is 10.3 Å². The number of halogens is 3. The topological polar surface area (TPSA) is 24.9 Å². The fourth-order valence-electron chi connectivity index (χ4n) is 2.51. The number of rotatable bonds is 7. The Hall–Kier alpha value is -0.620. The Labute approximate surface area is 129 Å². The third-order valence-electron chi connectivity index (χ3n) is 3.44. The van der Waals surface area contributed by atoms with E-state index in [0.717, 1.165) is 22.0 Å². The van der Waals surface area contributed by atoms with Gasteiger partial charge in [-0.15, -0.1) is 11.3 Å². The SMILES string of the molecule is CCc1nc(C(C)(CCCC(F)(F)F)NC(C)C)sc1C. The predicted octanol–water partition coefficient (Wildman–Crippen LogP) is 4.96.